The van der Waals surface area contributed by atoms with Gasteiger partial charge in [0.1, 0.15) is 5.82 Å². The number of piperazine rings is 1. The highest BCUT2D eigenvalue weighted by molar-refractivity contribution is 8.93. The van der Waals surface area contributed by atoms with Crippen LogP contribution in [0, 0.1) is 11.6 Å². The molecule has 0 aliphatic carbocycles. The van der Waals surface area contributed by atoms with Crippen LogP contribution < -0.4 is 24.4 Å². The van der Waals surface area contributed by atoms with Crippen molar-refractivity contribution in [2.75, 3.05) is 56.8 Å². The molecular weight excluding hydrogens is 733 g/mol. The van der Waals surface area contributed by atoms with Crippen LogP contribution in [0.15, 0.2) is 72.9 Å². The van der Waals surface area contributed by atoms with Gasteiger partial charge < -0.3 is 29.3 Å². The quantitative estimate of drug-likeness (QED) is 0.193. The van der Waals surface area contributed by atoms with Crippen LogP contribution in [0.3, 0.4) is 0 Å². The lowest BCUT2D eigenvalue weighted by Crippen LogP contribution is -2.50. The summed E-state index contributed by atoms with van der Waals surface area (Å²) in [7, 11) is 1.49. The number of benzene rings is 3. The number of nitrogens with one attached hydrogen (secondary N) is 1. The van der Waals surface area contributed by atoms with E-state index in [9.17, 15) is 22.8 Å². The number of carbonyl (C=O) groups is 2. The Hall–Kier alpha value is -4.96. The molecule has 0 bridgehead atoms. The zero-order valence-electron chi connectivity index (χ0n) is 26.5. The molecule has 0 saturated carbocycles. The SMILES string of the molecule is Br.CN(CC(=O)N1CCN(Cc2ccc3c(c2)OCO3)CC1)c1cc(F)c(Oc2ccc(C(=O)Nc3ccc(C(F)(F)F)cc3)cn2)cc1F. The Bertz CT molecular complexity index is 1840. The lowest BCUT2D eigenvalue weighted by atomic mass is 10.1. The zero-order valence-corrected chi connectivity index (χ0v) is 28.2. The number of anilines is 2. The van der Waals surface area contributed by atoms with Gasteiger partial charge >= 0.3 is 6.18 Å². The lowest BCUT2D eigenvalue weighted by molar-refractivity contribution is -0.137. The molecule has 1 saturated heterocycles. The predicted octanol–water partition coefficient (Wildman–Crippen LogP) is 6.51. The van der Waals surface area contributed by atoms with E-state index in [-0.39, 0.29) is 59.0 Å². The average Bonchev–Trinajstić information content (AvgIpc) is 3.55. The van der Waals surface area contributed by atoms with Crippen LogP contribution >= 0.6 is 17.0 Å². The normalized spacial score (nSPS) is 14.2. The third-order valence-corrected chi connectivity index (χ3v) is 8.04. The standard InChI is InChI=1S/C34H30F5N5O5.BrH/c1-42(19-32(45)44-12-10-43(11-13-44)18-21-2-8-28-30(14-21)48-20-47-28)27-15-26(36)29(16-25(27)35)49-31-9-3-22(17-40-31)33(46)41-24-6-4-23(5-7-24)34(37,38)39;/h2-9,14-17H,10-13,18-20H2,1H3,(H,41,46);1H. The maximum atomic E-state index is 15.1. The number of carbonyl (C=O) groups excluding carboxylic acids is 2. The third-order valence-electron chi connectivity index (χ3n) is 8.04. The minimum absolute atomic E-state index is 0. The summed E-state index contributed by atoms with van der Waals surface area (Å²) in [4.78, 5) is 34.7. The summed E-state index contributed by atoms with van der Waals surface area (Å²) < 4.78 is 84.6. The molecular formula is C34H31BrF5N5O5. The van der Waals surface area contributed by atoms with Crippen molar-refractivity contribution < 1.29 is 45.8 Å². The van der Waals surface area contributed by atoms with E-state index in [0.29, 0.717) is 38.5 Å². The van der Waals surface area contributed by atoms with Gasteiger partial charge in [-0.15, -0.1) is 17.0 Å². The van der Waals surface area contributed by atoms with E-state index in [4.69, 9.17) is 14.2 Å². The van der Waals surface area contributed by atoms with Gasteiger partial charge in [-0.3, -0.25) is 14.5 Å². The van der Waals surface area contributed by atoms with Gasteiger partial charge in [-0.1, -0.05) is 6.07 Å². The second kappa shape index (κ2) is 15.3. The molecule has 1 fully saturated rings. The number of fused-ring (bicyclic) bond motifs is 1. The molecule has 0 unspecified atom stereocenters. The van der Waals surface area contributed by atoms with Gasteiger partial charge in [0.05, 0.1) is 23.4 Å². The molecule has 264 valence electrons. The number of aromatic nitrogens is 1. The van der Waals surface area contributed by atoms with E-state index in [2.05, 4.69) is 15.2 Å². The molecule has 3 heterocycles. The van der Waals surface area contributed by atoms with Crippen LogP contribution in [-0.2, 0) is 17.5 Å². The molecule has 4 aromatic rings. The van der Waals surface area contributed by atoms with Gasteiger partial charge in [-0.05, 0) is 48.0 Å². The Morgan fingerprint density at radius 3 is 2.32 bits per heavy atom. The summed E-state index contributed by atoms with van der Waals surface area (Å²) in [6.45, 7) is 3.01. The topological polar surface area (TPSA) is 96.5 Å². The fourth-order valence-electron chi connectivity index (χ4n) is 5.36. The van der Waals surface area contributed by atoms with Crippen LogP contribution in [0.4, 0.5) is 33.3 Å². The van der Waals surface area contributed by atoms with Crippen LogP contribution in [0.5, 0.6) is 23.1 Å². The molecule has 6 rings (SSSR count). The summed E-state index contributed by atoms with van der Waals surface area (Å²) in [6.07, 6.45) is -3.39. The molecule has 2 amide bonds. The second-order valence-corrected chi connectivity index (χ2v) is 11.5. The Labute approximate surface area is 294 Å². The van der Waals surface area contributed by atoms with E-state index in [0.717, 1.165) is 53.9 Å². The number of hydrogen-bond acceptors (Lipinski definition) is 8. The summed E-state index contributed by atoms with van der Waals surface area (Å²) in [6, 6.07) is 14.0. The number of alkyl halides is 3. The van der Waals surface area contributed by atoms with Gasteiger partial charge in [-0.25, -0.2) is 13.8 Å². The molecule has 2 aliphatic rings. The van der Waals surface area contributed by atoms with E-state index in [1.807, 2.05) is 18.2 Å². The molecule has 1 aromatic heterocycles. The van der Waals surface area contributed by atoms with E-state index >= 15 is 8.78 Å². The van der Waals surface area contributed by atoms with Crippen molar-refractivity contribution in [3.8, 4) is 23.1 Å². The van der Waals surface area contributed by atoms with Gasteiger partial charge in [-0.2, -0.15) is 13.2 Å². The van der Waals surface area contributed by atoms with Crippen molar-refractivity contribution in [2.45, 2.75) is 12.7 Å². The van der Waals surface area contributed by atoms with Gasteiger partial charge in [0, 0.05) is 69.9 Å². The highest BCUT2D eigenvalue weighted by atomic mass is 79.9. The van der Waals surface area contributed by atoms with Crippen molar-refractivity contribution in [2.24, 2.45) is 0 Å². The Balaban J connectivity index is 0.00000486. The molecule has 0 atom stereocenters. The first kappa shape index (κ1) is 36.3. The number of likely N-dealkylation sites (N-methyl/N-ethyl adjacent to an activating group) is 1. The van der Waals surface area contributed by atoms with Crippen LogP contribution in [0.1, 0.15) is 21.5 Å². The fourth-order valence-corrected chi connectivity index (χ4v) is 5.36. The average molecular weight is 765 g/mol. The van der Waals surface area contributed by atoms with Crippen molar-refractivity contribution in [1.82, 2.24) is 14.8 Å². The first-order valence-corrected chi connectivity index (χ1v) is 15.1. The molecule has 2 aliphatic heterocycles. The number of pyridine rings is 1. The maximum absolute atomic E-state index is 15.1. The van der Waals surface area contributed by atoms with Crippen molar-refractivity contribution in [3.63, 3.8) is 0 Å². The first-order chi connectivity index (χ1) is 23.4. The minimum Gasteiger partial charge on any atom is -0.454 e. The smallest absolute Gasteiger partial charge is 0.416 e. The van der Waals surface area contributed by atoms with Crippen LogP contribution in [0.25, 0.3) is 0 Å². The molecule has 1 N–H and O–H groups in total. The Kier molecular flexibility index (Phi) is 11.1. The minimum atomic E-state index is -4.51. The monoisotopic (exact) mass is 763 g/mol. The van der Waals surface area contributed by atoms with E-state index in [1.165, 1.54) is 24.1 Å². The van der Waals surface area contributed by atoms with Gasteiger partial charge in [0.2, 0.25) is 18.6 Å². The molecule has 0 spiro atoms. The van der Waals surface area contributed by atoms with E-state index < -0.39 is 35.0 Å². The molecule has 50 heavy (non-hydrogen) atoms. The van der Waals surface area contributed by atoms with E-state index in [1.54, 1.807) is 4.90 Å². The summed E-state index contributed by atoms with van der Waals surface area (Å²) in [5, 5.41) is 2.45. The zero-order chi connectivity index (χ0) is 34.7. The number of hydrogen-bond donors (Lipinski definition) is 1. The summed E-state index contributed by atoms with van der Waals surface area (Å²) >= 11 is 0. The number of rotatable bonds is 9. The highest BCUT2D eigenvalue weighted by Gasteiger charge is 2.30. The highest BCUT2D eigenvalue weighted by Crippen LogP contribution is 2.34. The first-order valence-electron chi connectivity index (χ1n) is 15.1. The molecule has 10 nitrogen and oxygen atoms in total. The summed E-state index contributed by atoms with van der Waals surface area (Å²) in [5.41, 5.74) is 0.266. The van der Waals surface area contributed by atoms with Gasteiger partial charge in [0.25, 0.3) is 5.91 Å². The van der Waals surface area contributed by atoms with Gasteiger partial charge in [0.15, 0.2) is 23.1 Å². The fraction of sp³-hybridized carbons (Fsp3) is 0.265. The van der Waals surface area contributed by atoms with Crippen LogP contribution in [0.2, 0.25) is 0 Å². The second-order valence-electron chi connectivity index (χ2n) is 11.5. The summed E-state index contributed by atoms with van der Waals surface area (Å²) in [5.74, 6) is -1.78. The molecule has 0 radical (unpaired) electrons. The Morgan fingerprint density at radius 1 is 0.920 bits per heavy atom. The molecule has 16 heteroatoms. The van der Waals surface area contributed by atoms with Crippen molar-refractivity contribution in [1.29, 1.82) is 0 Å². The number of nitrogens with zero attached hydrogens (tertiary/aromatic N) is 4. The molecule has 3 aromatic carbocycles. The maximum Gasteiger partial charge on any atom is 0.416 e. The lowest BCUT2D eigenvalue weighted by Gasteiger charge is -2.35. The number of ether oxygens (including phenoxy) is 3. The Morgan fingerprint density at radius 2 is 1.64 bits per heavy atom. The largest absolute Gasteiger partial charge is 0.454 e. The predicted molar refractivity (Wildman–Crippen MR) is 178 cm³/mol. The third kappa shape index (κ3) is 8.60. The number of amides is 2. The van der Waals surface area contributed by atoms with Crippen LogP contribution in [-0.4, -0.2) is 73.2 Å². The van der Waals surface area contributed by atoms with Crippen molar-refractivity contribution in [3.05, 3.63) is 101 Å². The number of halogens is 6. The van der Waals surface area contributed by atoms with Crippen molar-refractivity contribution >= 4 is 40.2 Å².